The number of thiocarbonyl (C=S) groups is 1. The van der Waals surface area contributed by atoms with Gasteiger partial charge >= 0.3 is 0 Å². The molecule has 0 amide bonds. The normalized spacial score (nSPS) is 11.2. The van der Waals surface area contributed by atoms with Gasteiger partial charge in [-0.1, -0.05) is 43.4 Å². The molecule has 106 valence electrons. The molecular formula is C15H25N3S. The first-order valence-electron chi connectivity index (χ1n) is 6.79. The van der Waals surface area contributed by atoms with Crippen LogP contribution < -0.4 is 5.73 Å². The zero-order valence-corrected chi connectivity index (χ0v) is 13.0. The third-order valence-electron chi connectivity index (χ3n) is 3.20. The van der Waals surface area contributed by atoms with Crippen LogP contribution in [0.3, 0.4) is 0 Å². The Hall–Kier alpha value is -0.970. The molecule has 4 heteroatoms. The predicted octanol–water partition coefficient (Wildman–Crippen LogP) is 2.09. The minimum atomic E-state index is 0.486. The molecule has 3 nitrogen and oxygen atoms in total. The van der Waals surface area contributed by atoms with Crippen LogP contribution in [0, 0.1) is 0 Å². The molecule has 0 heterocycles. The van der Waals surface area contributed by atoms with Gasteiger partial charge in [0.1, 0.15) is 4.99 Å². The Balaban J connectivity index is 2.62. The van der Waals surface area contributed by atoms with Gasteiger partial charge in [0, 0.05) is 12.1 Å². The summed E-state index contributed by atoms with van der Waals surface area (Å²) in [7, 11) is 4.22. The van der Waals surface area contributed by atoms with Crippen LogP contribution in [-0.2, 0) is 6.54 Å². The van der Waals surface area contributed by atoms with E-state index in [1.54, 1.807) is 0 Å². The van der Waals surface area contributed by atoms with E-state index < -0.39 is 0 Å². The van der Waals surface area contributed by atoms with Gasteiger partial charge in [-0.3, -0.25) is 4.90 Å². The molecule has 0 radical (unpaired) electrons. The van der Waals surface area contributed by atoms with Crippen LogP contribution in [0.15, 0.2) is 24.3 Å². The lowest BCUT2D eigenvalue weighted by molar-refractivity contribution is 0.259. The number of benzene rings is 1. The smallest absolute Gasteiger partial charge is 0.104 e. The van der Waals surface area contributed by atoms with Crippen molar-refractivity contribution in [2.24, 2.45) is 5.73 Å². The lowest BCUT2D eigenvalue weighted by Gasteiger charge is -2.22. The molecule has 0 fully saturated rings. The van der Waals surface area contributed by atoms with E-state index in [0.29, 0.717) is 4.99 Å². The summed E-state index contributed by atoms with van der Waals surface area (Å²) in [6, 6.07) is 8.15. The van der Waals surface area contributed by atoms with Gasteiger partial charge in [0.05, 0.1) is 0 Å². The Morgan fingerprint density at radius 3 is 2.47 bits per heavy atom. The van der Waals surface area contributed by atoms with E-state index in [1.165, 1.54) is 12.0 Å². The van der Waals surface area contributed by atoms with Gasteiger partial charge in [0.15, 0.2) is 0 Å². The maximum absolute atomic E-state index is 5.78. The van der Waals surface area contributed by atoms with E-state index in [1.807, 2.05) is 18.2 Å². The average molecular weight is 279 g/mol. The summed E-state index contributed by atoms with van der Waals surface area (Å²) in [5.74, 6) is 0. The van der Waals surface area contributed by atoms with Gasteiger partial charge in [0.2, 0.25) is 0 Å². The first-order valence-corrected chi connectivity index (χ1v) is 7.20. The topological polar surface area (TPSA) is 32.5 Å². The largest absolute Gasteiger partial charge is 0.389 e. The van der Waals surface area contributed by atoms with Crippen LogP contribution >= 0.6 is 12.2 Å². The molecule has 0 saturated carbocycles. The van der Waals surface area contributed by atoms with E-state index in [-0.39, 0.29) is 0 Å². The molecule has 0 aliphatic rings. The van der Waals surface area contributed by atoms with Crippen molar-refractivity contribution in [3.8, 4) is 0 Å². The Morgan fingerprint density at radius 2 is 1.89 bits per heavy atom. The van der Waals surface area contributed by atoms with Gasteiger partial charge < -0.3 is 10.6 Å². The fourth-order valence-electron chi connectivity index (χ4n) is 2.10. The molecule has 0 aromatic heterocycles. The van der Waals surface area contributed by atoms with Gasteiger partial charge in [-0.05, 0) is 45.7 Å². The third kappa shape index (κ3) is 5.68. The monoisotopic (exact) mass is 279 g/mol. The first kappa shape index (κ1) is 16.1. The number of hydrogen-bond donors (Lipinski definition) is 1. The molecule has 2 N–H and O–H groups in total. The lowest BCUT2D eigenvalue weighted by Crippen LogP contribution is -2.28. The maximum Gasteiger partial charge on any atom is 0.104 e. The molecule has 0 atom stereocenters. The third-order valence-corrected chi connectivity index (χ3v) is 3.42. The second-order valence-electron chi connectivity index (χ2n) is 5.05. The molecule has 1 aromatic carbocycles. The summed E-state index contributed by atoms with van der Waals surface area (Å²) in [5.41, 5.74) is 8.00. The first-order chi connectivity index (χ1) is 9.04. The Bertz CT molecular complexity index is 404. The van der Waals surface area contributed by atoms with Crippen molar-refractivity contribution in [2.45, 2.75) is 19.9 Å². The molecule has 0 spiro atoms. The minimum Gasteiger partial charge on any atom is -0.389 e. The highest BCUT2D eigenvalue weighted by atomic mass is 32.1. The number of rotatable bonds is 8. The van der Waals surface area contributed by atoms with Crippen molar-refractivity contribution in [3.05, 3.63) is 35.4 Å². The summed E-state index contributed by atoms with van der Waals surface area (Å²) in [6.45, 7) is 6.36. The van der Waals surface area contributed by atoms with Crippen molar-refractivity contribution in [2.75, 3.05) is 33.7 Å². The summed E-state index contributed by atoms with van der Waals surface area (Å²) in [6.07, 6.45) is 1.18. The van der Waals surface area contributed by atoms with Crippen molar-refractivity contribution in [1.29, 1.82) is 0 Å². The van der Waals surface area contributed by atoms with Crippen molar-refractivity contribution >= 4 is 17.2 Å². The number of nitrogens with zero attached hydrogens (tertiary/aromatic N) is 2. The van der Waals surface area contributed by atoms with Crippen molar-refractivity contribution < 1.29 is 0 Å². The molecule has 0 saturated heterocycles. The molecule has 0 aliphatic heterocycles. The van der Waals surface area contributed by atoms with E-state index in [4.69, 9.17) is 18.0 Å². The van der Waals surface area contributed by atoms with Gasteiger partial charge in [0.25, 0.3) is 0 Å². The van der Waals surface area contributed by atoms with Crippen molar-refractivity contribution in [3.63, 3.8) is 0 Å². The lowest BCUT2D eigenvalue weighted by atomic mass is 10.1. The van der Waals surface area contributed by atoms with Gasteiger partial charge in [-0.25, -0.2) is 0 Å². The van der Waals surface area contributed by atoms with Crippen LogP contribution in [0.5, 0.6) is 0 Å². The van der Waals surface area contributed by atoms with Crippen LogP contribution in [0.25, 0.3) is 0 Å². The summed E-state index contributed by atoms with van der Waals surface area (Å²) in [5, 5.41) is 0. The van der Waals surface area contributed by atoms with Crippen molar-refractivity contribution in [1.82, 2.24) is 9.80 Å². The fourth-order valence-corrected chi connectivity index (χ4v) is 2.30. The van der Waals surface area contributed by atoms with Gasteiger partial charge in [-0.15, -0.1) is 0 Å². The van der Waals surface area contributed by atoms with Gasteiger partial charge in [-0.2, -0.15) is 0 Å². The summed E-state index contributed by atoms with van der Waals surface area (Å²) in [4.78, 5) is 5.14. The minimum absolute atomic E-state index is 0.486. The molecule has 19 heavy (non-hydrogen) atoms. The van der Waals surface area contributed by atoms with Crippen LogP contribution in [0.4, 0.5) is 0 Å². The van der Waals surface area contributed by atoms with Crippen LogP contribution in [0.2, 0.25) is 0 Å². The Morgan fingerprint density at radius 1 is 1.21 bits per heavy atom. The second-order valence-corrected chi connectivity index (χ2v) is 5.49. The molecule has 1 aromatic rings. The van der Waals surface area contributed by atoms with E-state index >= 15 is 0 Å². The standard InChI is InChI=1S/C15H25N3S/c1-4-18(11-7-10-17(2)3)12-13-8-5-6-9-14(13)15(16)19/h5-6,8-9H,4,7,10-12H2,1-3H3,(H2,16,19). The number of hydrogen-bond acceptors (Lipinski definition) is 3. The molecule has 0 bridgehead atoms. The highest BCUT2D eigenvalue weighted by Gasteiger charge is 2.09. The Kier molecular flexibility index (Phi) is 6.99. The zero-order valence-electron chi connectivity index (χ0n) is 12.2. The highest BCUT2D eigenvalue weighted by Crippen LogP contribution is 2.12. The average Bonchev–Trinajstić information content (AvgIpc) is 2.37. The Labute approximate surface area is 122 Å². The summed E-state index contributed by atoms with van der Waals surface area (Å²) < 4.78 is 0. The zero-order chi connectivity index (χ0) is 14.3. The van der Waals surface area contributed by atoms with E-state index in [2.05, 4.69) is 36.9 Å². The quantitative estimate of drug-likeness (QED) is 0.739. The second kappa shape index (κ2) is 8.25. The van der Waals surface area contributed by atoms with Crippen LogP contribution in [-0.4, -0.2) is 48.5 Å². The molecule has 0 unspecified atom stereocenters. The molecule has 0 aliphatic carbocycles. The fraction of sp³-hybridized carbons (Fsp3) is 0.533. The number of nitrogens with two attached hydrogens (primary N) is 1. The predicted molar refractivity (Wildman–Crippen MR) is 86.5 cm³/mol. The SMILES string of the molecule is CCN(CCCN(C)C)Cc1ccccc1C(N)=S. The van der Waals surface area contributed by atoms with E-state index in [9.17, 15) is 0 Å². The van der Waals surface area contributed by atoms with E-state index in [0.717, 1.165) is 31.7 Å². The molecule has 1 rings (SSSR count). The highest BCUT2D eigenvalue weighted by molar-refractivity contribution is 7.80. The maximum atomic E-state index is 5.78. The molecular weight excluding hydrogens is 254 g/mol. The van der Waals surface area contributed by atoms with Crippen LogP contribution in [0.1, 0.15) is 24.5 Å². The summed E-state index contributed by atoms with van der Waals surface area (Å²) >= 11 is 5.11.